The Morgan fingerprint density at radius 2 is 0.644 bits per heavy atom. The number of hydrogen-bond donors (Lipinski definition) is 0. The zero-order chi connectivity index (χ0) is 33.6. The van der Waals surface area contributed by atoms with Crippen molar-refractivity contribution in [2.45, 2.75) is 11.0 Å². The maximum absolute atomic E-state index is 10.7. The minimum absolute atomic E-state index is 0.533. The molecule has 1 heterocycles. The molecule has 1 saturated heterocycles. The Kier molecular flexibility index (Phi) is 12.1. The second-order valence-corrected chi connectivity index (χ2v) is 29.4. The van der Waals surface area contributed by atoms with Crippen molar-refractivity contribution in [2.24, 2.45) is 0 Å². The van der Waals surface area contributed by atoms with Gasteiger partial charge >= 0.3 is 192 Å². The van der Waals surface area contributed by atoms with Gasteiger partial charge in [0.05, 0.1) is 0 Å². The Morgan fingerprint density at radius 3 is 0.800 bits per heavy atom. The number of benzene rings is 4. The van der Waals surface area contributed by atoms with Gasteiger partial charge in [-0.3, -0.25) is 0 Å². The van der Waals surface area contributed by atoms with Crippen LogP contribution in [0.25, 0.3) is 0 Å². The van der Waals surface area contributed by atoms with Crippen LogP contribution in [-0.4, -0.2) is 63.4 Å². The summed E-state index contributed by atoms with van der Waals surface area (Å²) in [6.45, 7) is 0. The van der Waals surface area contributed by atoms with Gasteiger partial charge in [0, 0.05) is 0 Å². The summed E-state index contributed by atoms with van der Waals surface area (Å²) in [5.74, 6) is -2.78. The molecule has 1 aliphatic heterocycles. The Labute approximate surface area is 263 Å². The third-order valence-electron chi connectivity index (χ3n) is 6.27. The van der Waals surface area contributed by atoms with E-state index < -0.39 is 43.2 Å². The minimum atomic E-state index is -6.09. The monoisotopic (exact) mass is 776 g/mol. The molecular weight excluding hydrogens is 751 g/mol. The van der Waals surface area contributed by atoms with Crippen LogP contribution >= 0.6 is 11.9 Å². The standard InChI is InChI=1S/C26H24P2Se.2CHF3O3S/c1-5-13-23(14-6-1)27(24-15-7-2-8-16-24)21-22-28(29-27,25-17-9-3-10-18-25)26-19-11-4-12-20-26;2*2-1(3,4)8(5,6)7/h1-20H,21-22H2;2*(H,5,6,7)/q+2;;/p-2. The first-order valence-corrected chi connectivity index (χ1v) is 23.8. The van der Waals surface area contributed by atoms with E-state index in [1.165, 1.54) is 12.3 Å². The molecule has 1 fully saturated rings. The fourth-order valence-electron chi connectivity index (χ4n) is 4.28. The predicted molar refractivity (Wildman–Crippen MR) is 165 cm³/mol. The fourth-order valence-corrected chi connectivity index (χ4v) is 40.2. The first-order valence-electron chi connectivity index (χ1n) is 12.6. The number of hydrogen-bond acceptors (Lipinski definition) is 6. The van der Waals surface area contributed by atoms with E-state index in [0.717, 1.165) is 0 Å². The van der Waals surface area contributed by atoms with Gasteiger partial charge in [-0.2, -0.15) is 26.3 Å². The van der Waals surface area contributed by atoms with E-state index >= 15 is 0 Å². The molecule has 0 amide bonds. The molecule has 0 radical (unpaired) electrons. The van der Waals surface area contributed by atoms with E-state index in [1.807, 2.05) is 0 Å². The molecule has 1 aliphatic rings. The molecule has 5 rings (SSSR count). The topological polar surface area (TPSA) is 114 Å². The number of halogens is 6. The molecular formula is C28H24F6O6P2S2Se. The molecule has 0 atom stereocenters. The molecule has 0 N–H and O–H groups in total. The summed E-state index contributed by atoms with van der Waals surface area (Å²) < 4.78 is 118. The summed E-state index contributed by atoms with van der Waals surface area (Å²) >= 11 is 0.533. The van der Waals surface area contributed by atoms with Crippen molar-refractivity contribution >= 4 is 67.4 Å². The molecule has 0 aromatic heterocycles. The quantitative estimate of drug-likeness (QED) is 0.0952. The second-order valence-electron chi connectivity index (χ2n) is 9.15. The second kappa shape index (κ2) is 14.6. The molecule has 0 unspecified atom stereocenters. The van der Waals surface area contributed by atoms with Crippen molar-refractivity contribution in [3.8, 4) is 0 Å². The van der Waals surface area contributed by atoms with Crippen molar-refractivity contribution in [3.63, 3.8) is 0 Å². The van der Waals surface area contributed by atoms with Gasteiger partial charge in [-0.05, 0) is 0 Å². The van der Waals surface area contributed by atoms with Crippen LogP contribution in [0.4, 0.5) is 26.3 Å². The van der Waals surface area contributed by atoms with Gasteiger partial charge in [0.15, 0.2) is 20.2 Å². The third kappa shape index (κ3) is 9.14. The summed E-state index contributed by atoms with van der Waals surface area (Å²) in [7, 11) is -12.2. The summed E-state index contributed by atoms with van der Waals surface area (Å²) in [4.78, 5) is 0. The summed E-state index contributed by atoms with van der Waals surface area (Å²) in [6, 6.07) is 45.7. The molecule has 242 valence electrons. The van der Waals surface area contributed by atoms with Gasteiger partial charge in [-0.25, -0.2) is 16.8 Å². The van der Waals surface area contributed by atoms with E-state index in [1.54, 1.807) is 21.2 Å². The van der Waals surface area contributed by atoms with E-state index in [0.29, 0.717) is 14.1 Å². The van der Waals surface area contributed by atoms with E-state index in [2.05, 4.69) is 121 Å². The number of rotatable bonds is 4. The van der Waals surface area contributed by atoms with Crippen molar-refractivity contribution < 1.29 is 52.3 Å². The van der Waals surface area contributed by atoms with Crippen LogP contribution in [0.3, 0.4) is 0 Å². The van der Waals surface area contributed by atoms with Crippen LogP contribution in [0.5, 0.6) is 0 Å². The van der Waals surface area contributed by atoms with E-state index in [9.17, 15) is 26.3 Å². The molecule has 0 bridgehead atoms. The average molecular weight is 776 g/mol. The zero-order valence-electron chi connectivity index (χ0n) is 22.8. The van der Waals surface area contributed by atoms with Gasteiger partial charge in [-0.15, -0.1) is 0 Å². The van der Waals surface area contributed by atoms with E-state index in [-0.39, 0.29) is 0 Å². The zero-order valence-corrected chi connectivity index (χ0v) is 27.9. The maximum atomic E-state index is 10.7. The fraction of sp³-hybridized carbons (Fsp3) is 0.143. The predicted octanol–water partition coefficient (Wildman–Crippen LogP) is 4.97. The van der Waals surface area contributed by atoms with Crippen LogP contribution in [0.15, 0.2) is 121 Å². The van der Waals surface area contributed by atoms with Gasteiger partial charge in [0.1, 0.15) is 0 Å². The van der Waals surface area contributed by atoms with Crippen LogP contribution < -0.4 is 21.2 Å². The summed E-state index contributed by atoms with van der Waals surface area (Å²) in [5, 5.41) is 6.39. The number of alkyl halides is 6. The molecule has 0 saturated carbocycles. The normalized spacial score (nSPS) is 16.0. The SMILES string of the molecule is O=S(=O)([O-])C(F)(F)F.O=S(=O)([O-])C(F)(F)F.c1ccc([P+]2(c3ccccc3)CC[P+](c3ccccc3)(c3ccccc3)[Se]2)cc1. The molecule has 17 heteroatoms. The van der Waals surface area contributed by atoms with Gasteiger partial charge in [-0.1, -0.05) is 0 Å². The summed E-state index contributed by atoms with van der Waals surface area (Å²) in [5.41, 5.74) is -11.3. The van der Waals surface area contributed by atoms with Crippen LogP contribution in [0.1, 0.15) is 0 Å². The molecule has 0 spiro atoms. The van der Waals surface area contributed by atoms with Gasteiger partial charge in [0.25, 0.3) is 0 Å². The molecule has 0 aliphatic carbocycles. The van der Waals surface area contributed by atoms with Gasteiger partial charge in [0.2, 0.25) is 0 Å². The molecule has 45 heavy (non-hydrogen) atoms. The third-order valence-corrected chi connectivity index (χ3v) is 34.4. The van der Waals surface area contributed by atoms with Crippen LogP contribution in [-0.2, 0) is 20.2 Å². The van der Waals surface area contributed by atoms with Crippen molar-refractivity contribution in [3.05, 3.63) is 121 Å². The Bertz CT molecular complexity index is 1540. The Balaban J connectivity index is 0.000000287. The molecule has 6 nitrogen and oxygen atoms in total. The first kappa shape index (κ1) is 37.1. The van der Waals surface area contributed by atoms with E-state index in [4.69, 9.17) is 25.9 Å². The van der Waals surface area contributed by atoms with Crippen LogP contribution in [0.2, 0.25) is 0 Å². The first-order chi connectivity index (χ1) is 20.8. The Morgan fingerprint density at radius 1 is 0.467 bits per heavy atom. The van der Waals surface area contributed by atoms with Crippen molar-refractivity contribution in [1.29, 1.82) is 0 Å². The van der Waals surface area contributed by atoms with Crippen LogP contribution in [0, 0.1) is 0 Å². The molecule has 4 aromatic carbocycles. The van der Waals surface area contributed by atoms with Crippen molar-refractivity contribution in [1.82, 2.24) is 0 Å². The average Bonchev–Trinajstić information content (AvgIpc) is 3.41. The van der Waals surface area contributed by atoms with Gasteiger partial charge < -0.3 is 9.11 Å². The van der Waals surface area contributed by atoms with Crippen molar-refractivity contribution in [2.75, 3.05) is 12.3 Å². The summed E-state index contributed by atoms with van der Waals surface area (Å²) in [6.07, 6.45) is 2.66. The molecule has 4 aromatic rings. The Hall–Kier alpha value is -2.34.